The molecule has 18 heavy (non-hydrogen) atoms. The molecule has 6 heteroatoms. The molecule has 1 N–H and O–H groups in total. The van der Waals surface area contributed by atoms with Gasteiger partial charge < -0.3 is 14.8 Å². The molecule has 0 aromatic carbocycles. The highest BCUT2D eigenvalue weighted by molar-refractivity contribution is 5.87. The van der Waals surface area contributed by atoms with Crippen molar-refractivity contribution >= 4 is 11.8 Å². The maximum absolute atomic E-state index is 11.4. The van der Waals surface area contributed by atoms with Gasteiger partial charge in [-0.15, -0.1) is 0 Å². The van der Waals surface area contributed by atoms with Crippen molar-refractivity contribution in [2.24, 2.45) is 0 Å². The number of esters is 1. The van der Waals surface area contributed by atoms with E-state index < -0.39 is 5.97 Å². The molecular weight excluding hydrogens is 234 g/mol. The minimum Gasteiger partial charge on any atom is -0.464 e. The second-order valence-corrected chi connectivity index (χ2v) is 4.64. The summed E-state index contributed by atoms with van der Waals surface area (Å²) in [4.78, 5) is 19.5. The van der Waals surface area contributed by atoms with Gasteiger partial charge in [0.2, 0.25) is 0 Å². The molecule has 0 radical (unpaired) electrons. The minimum absolute atomic E-state index is 0.214. The van der Waals surface area contributed by atoms with Gasteiger partial charge in [0.05, 0.1) is 37.8 Å². The number of anilines is 1. The van der Waals surface area contributed by atoms with Crippen molar-refractivity contribution in [3.05, 3.63) is 18.1 Å². The Kier molecular flexibility index (Phi) is 2.87. The first-order valence-electron chi connectivity index (χ1n) is 6.08. The van der Waals surface area contributed by atoms with Gasteiger partial charge in [-0.2, -0.15) is 0 Å². The smallest absolute Gasteiger partial charge is 0.358 e. The third-order valence-electron chi connectivity index (χ3n) is 3.47. The molecule has 0 amide bonds. The zero-order valence-electron chi connectivity index (χ0n) is 10.1. The molecule has 2 aliphatic rings. The molecule has 2 aliphatic heterocycles. The van der Waals surface area contributed by atoms with Crippen LogP contribution in [0.5, 0.6) is 0 Å². The SMILES string of the molecule is COC(=O)c1cncc(NC2CC3CCC2O3)n1. The number of nitrogens with one attached hydrogen (secondary N) is 1. The van der Waals surface area contributed by atoms with E-state index in [0.29, 0.717) is 11.9 Å². The van der Waals surface area contributed by atoms with Crippen LogP contribution < -0.4 is 5.32 Å². The number of aromatic nitrogens is 2. The molecule has 0 spiro atoms. The normalized spacial score (nSPS) is 29.3. The van der Waals surface area contributed by atoms with Gasteiger partial charge in [0.15, 0.2) is 5.69 Å². The standard InChI is InChI=1S/C12H15N3O3/c1-17-12(16)9-5-13-6-11(15-9)14-8-4-7-2-3-10(8)18-7/h5-8,10H,2-4H2,1H3,(H,14,15). The van der Waals surface area contributed by atoms with Crippen LogP contribution in [0.4, 0.5) is 5.82 Å². The fourth-order valence-corrected chi connectivity index (χ4v) is 2.62. The Morgan fingerprint density at radius 3 is 3.06 bits per heavy atom. The van der Waals surface area contributed by atoms with Crippen LogP contribution in [0.3, 0.4) is 0 Å². The molecule has 6 nitrogen and oxygen atoms in total. The Morgan fingerprint density at radius 1 is 1.50 bits per heavy atom. The van der Waals surface area contributed by atoms with Gasteiger partial charge in [-0.3, -0.25) is 4.98 Å². The summed E-state index contributed by atoms with van der Waals surface area (Å²) in [6.07, 6.45) is 6.88. The Morgan fingerprint density at radius 2 is 2.39 bits per heavy atom. The first-order chi connectivity index (χ1) is 8.76. The molecule has 2 fully saturated rings. The predicted molar refractivity (Wildman–Crippen MR) is 63.3 cm³/mol. The van der Waals surface area contributed by atoms with Gasteiger partial charge in [-0.25, -0.2) is 9.78 Å². The summed E-state index contributed by atoms with van der Waals surface area (Å²) in [5.74, 6) is 0.120. The number of carbonyl (C=O) groups excluding carboxylic acids is 1. The molecule has 3 atom stereocenters. The van der Waals surface area contributed by atoms with Crippen molar-refractivity contribution in [3.63, 3.8) is 0 Å². The topological polar surface area (TPSA) is 73.3 Å². The highest BCUT2D eigenvalue weighted by atomic mass is 16.5. The third kappa shape index (κ3) is 2.03. The zero-order valence-corrected chi connectivity index (χ0v) is 10.1. The first kappa shape index (κ1) is 11.4. The van der Waals surface area contributed by atoms with Crippen LogP contribution >= 0.6 is 0 Å². The minimum atomic E-state index is -0.477. The van der Waals surface area contributed by atoms with Crippen molar-refractivity contribution in [3.8, 4) is 0 Å². The molecule has 2 bridgehead atoms. The molecule has 3 heterocycles. The molecule has 0 saturated carbocycles. The van der Waals surface area contributed by atoms with E-state index >= 15 is 0 Å². The average molecular weight is 249 g/mol. The summed E-state index contributed by atoms with van der Waals surface area (Å²) >= 11 is 0. The van der Waals surface area contributed by atoms with Crippen LogP contribution in [0.2, 0.25) is 0 Å². The summed E-state index contributed by atoms with van der Waals surface area (Å²) in [6, 6.07) is 0.269. The average Bonchev–Trinajstić information content (AvgIpc) is 3.00. The number of methoxy groups -OCH3 is 1. The van der Waals surface area contributed by atoms with Crippen molar-refractivity contribution in [2.45, 2.75) is 37.5 Å². The first-order valence-corrected chi connectivity index (χ1v) is 6.08. The van der Waals surface area contributed by atoms with Gasteiger partial charge in [-0.1, -0.05) is 0 Å². The number of hydrogen-bond donors (Lipinski definition) is 1. The number of hydrogen-bond acceptors (Lipinski definition) is 6. The van der Waals surface area contributed by atoms with Crippen LogP contribution in [0.25, 0.3) is 0 Å². The number of carbonyl (C=O) groups is 1. The quantitative estimate of drug-likeness (QED) is 0.805. The van der Waals surface area contributed by atoms with Gasteiger partial charge >= 0.3 is 5.97 Å². The van der Waals surface area contributed by atoms with Crippen LogP contribution in [0.1, 0.15) is 29.8 Å². The summed E-state index contributed by atoms with van der Waals surface area (Å²) in [5.41, 5.74) is 0.214. The van der Waals surface area contributed by atoms with E-state index in [1.165, 1.54) is 13.3 Å². The summed E-state index contributed by atoms with van der Waals surface area (Å²) < 4.78 is 10.4. The largest absolute Gasteiger partial charge is 0.464 e. The number of nitrogens with zero attached hydrogens (tertiary/aromatic N) is 2. The Balaban J connectivity index is 1.71. The number of rotatable bonds is 3. The Labute approximate surface area is 105 Å². The molecular formula is C12H15N3O3. The van der Waals surface area contributed by atoms with Crippen LogP contribution in [-0.2, 0) is 9.47 Å². The number of fused-ring (bicyclic) bond motifs is 2. The lowest BCUT2D eigenvalue weighted by Crippen LogP contribution is -2.31. The van der Waals surface area contributed by atoms with Crippen molar-refractivity contribution in [2.75, 3.05) is 12.4 Å². The van der Waals surface area contributed by atoms with E-state index in [2.05, 4.69) is 20.0 Å². The van der Waals surface area contributed by atoms with Gasteiger partial charge in [0, 0.05) is 0 Å². The fourth-order valence-electron chi connectivity index (χ4n) is 2.62. The van der Waals surface area contributed by atoms with Crippen molar-refractivity contribution in [1.82, 2.24) is 9.97 Å². The lowest BCUT2D eigenvalue weighted by molar-refractivity contribution is 0.0593. The monoisotopic (exact) mass is 249 g/mol. The highest BCUT2D eigenvalue weighted by Gasteiger charge is 2.40. The van der Waals surface area contributed by atoms with Gasteiger partial charge in [-0.05, 0) is 19.3 Å². The summed E-state index contributed by atoms with van der Waals surface area (Å²) in [6.45, 7) is 0. The van der Waals surface area contributed by atoms with Gasteiger partial charge in [0.1, 0.15) is 5.82 Å². The van der Waals surface area contributed by atoms with Crippen LogP contribution in [-0.4, -0.2) is 41.3 Å². The second-order valence-electron chi connectivity index (χ2n) is 4.64. The van der Waals surface area contributed by atoms with E-state index in [-0.39, 0.29) is 17.8 Å². The molecule has 0 aliphatic carbocycles. The molecule has 3 unspecified atom stereocenters. The van der Waals surface area contributed by atoms with Gasteiger partial charge in [0.25, 0.3) is 0 Å². The molecule has 1 aromatic heterocycles. The molecule has 3 rings (SSSR count). The van der Waals surface area contributed by atoms with Crippen molar-refractivity contribution < 1.29 is 14.3 Å². The summed E-state index contributed by atoms with van der Waals surface area (Å²) in [7, 11) is 1.33. The lowest BCUT2D eigenvalue weighted by Gasteiger charge is -2.20. The Hall–Kier alpha value is -1.69. The van der Waals surface area contributed by atoms with E-state index in [9.17, 15) is 4.79 Å². The van der Waals surface area contributed by atoms with E-state index in [1.807, 2.05) is 0 Å². The lowest BCUT2D eigenvalue weighted by atomic mass is 9.95. The maximum Gasteiger partial charge on any atom is 0.358 e. The molecule has 2 saturated heterocycles. The van der Waals surface area contributed by atoms with Crippen LogP contribution in [0.15, 0.2) is 12.4 Å². The Bertz CT molecular complexity index is 466. The fraction of sp³-hybridized carbons (Fsp3) is 0.583. The van der Waals surface area contributed by atoms with Crippen molar-refractivity contribution in [1.29, 1.82) is 0 Å². The van der Waals surface area contributed by atoms with Crippen LogP contribution in [0, 0.1) is 0 Å². The third-order valence-corrected chi connectivity index (χ3v) is 3.47. The van der Waals surface area contributed by atoms with E-state index in [0.717, 1.165) is 19.3 Å². The maximum atomic E-state index is 11.4. The number of ether oxygens (including phenoxy) is 2. The molecule has 96 valence electrons. The predicted octanol–water partition coefficient (Wildman–Crippen LogP) is 0.995. The highest BCUT2D eigenvalue weighted by Crippen LogP contribution is 2.35. The van der Waals surface area contributed by atoms with E-state index in [1.54, 1.807) is 6.20 Å². The molecule has 1 aromatic rings. The second kappa shape index (κ2) is 4.53. The zero-order chi connectivity index (χ0) is 12.5. The summed E-state index contributed by atoms with van der Waals surface area (Å²) in [5, 5.41) is 3.29. The van der Waals surface area contributed by atoms with E-state index in [4.69, 9.17) is 4.74 Å².